The first-order chi connectivity index (χ1) is 14.3. The van der Waals surface area contributed by atoms with E-state index in [1.165, 1.54) is 44.1 Å². The molecule has 0 spiro atoms. The first kappa shape index (κ1) is 24.6. The molecule has 0 amide bonds. The Hall–Kier alpha value is -1.64. The molecule has 1 aromatic rings. The summed E-state index contributed by atoms with van der Waals surface area (Å²) in [5, 5.41) is 6.85. The molecule has 0 atom stereocenters. The van der Waals surface area contributed by atoms with Crippen molar-refractivity contribution in [3.8, 4) is 0 Å². The van der Waals surface area contributed by atoms with Gasteiger partial charge >= 0.3 is 0 Å². The van der Waals surface area contributed by atoms with Gasteiger partial charge in [-0.2, -0.15) is 0 Å². The molecule has 1 aromatic carbocycles. The normalized spacial score (nSPS) is 16.8. The molecule has 7 nitrogen and oxygen atoms in total. The fourth-order valence-corrected chi connectivity index (χ4v) is 4.74. The van der Waals surface area contributed by atoms with Crippen LogP contribution in [-0.4, -0.2) is 59.1 Å². The predicted molar refractivity (Wildman–Crippen MR) is 122 cm³/mol. The minimum atomic E-state index is -3.41. The topological polar surface area (TPSA) is 83.0 Å². The van der Waals surface area contributed by atoms with E-state index in [2.05, 4.69) is 17.6 Å². The monoisotopic (exact) mass is 438 g/mol. The van der Waals surface area contributed by atoms with E-state index in [0.29, 0.717) is 11.4 Å². The van der Waals surface area contributed by atoms with Gasteiger partial charge < -0.3 is 15.4 Å². The van der Waals surface area contributed by atoms with E-state index in [1.807, 2.05) is 19.1 Å². The number of ether oxygens (including phenoxy) is 1. The third kappa shape index (κ3) is 6.96. The Balaban J connectivity index is 2.00. The second-order valence-corrected chi connectivity index (χ2v) is 10.3. The summed E-state index contributed by atoms with van der Waals surface area (Å²) in [5.41, 5.74) is 1.25. The van der Waals surface area contributed by atoms with Crippen molar-refractivity contribution >= 4 is 16.0 Å². The zero-order valence-electron chi connectivity index (χ0n) is 18.9. The largest absolute Gasteiger partial charge is 0.382 e. The molecule has 8 heteroatoms. The van der Waals surface area contributed by atoms with Gasteiger partial charge in [0.25, 0.3) is 0 Å². The van der Waals surface area contributed by atoms with Gasteiger partial charge in [-0.15, -0.1) is 0 Å². The molecular formula is C22H38N4O3S. The summed E-state index contributed by atoms with van der Waals surface area (Å²) in [6.07, 6.45) is 6.10. The molecule has 0 heterocycles. The van der Waals surface area contributed by atoms with Crippen molar-refractivity contribution in [3.63, 3.8) is 0 Å². The van der Waals surface area contributed by atoms with Gasteiger partial charge in [0.2, 0.25) is 10.0 Å². The maximum Gasteiger partial charge on any atom is 0.242 e. The van der Waals surface area contributed by atoms with Crippen LogP contribution in [0.1, 0.15) is 51.5 Å². The Kier molecular flexibility index (Phi) is 9.58. The Morgan fingerprint density at radius 2 is 1.80 bits per heavy atom. The summed E-state index contributed by atoms with van der Waals surface area (Å²) >= 11 is 0. The van der Waals surface area contributed by atoms with Crippen LogP contribution in [0.4, 0.5) is 0 Å². The maximum absolute atomic E-state index is 12.2. The van der Waals surface area contributed by atoms with Crippen molar-refractivity contribution in [1.29, 1.82) is 0 Å². The molecule has 30 heavy (non-hydrogen) atoms. The second-order valence-electron chi connectivity index (χ2n) is 8.13. The van der Waals surface area contributed by atoms with Crippen LogP contribution in [-0.2, 0) is 21.3 Å². The van der Waals surface area contributed by atoms with Crippen LogP contribution >= 0.6 is 0 Å². The molecule has 0 saturated heterocycles. The molecule has 0 aliphatic heterocycles. The molecule has 2 N–H and O–H groups in total. The highest BCUT2D eigenvalue weighted by Gasteiger charge is 2.33. The number of aliphatic imine (C=N–C) groups is 1. The predicted octanol–water partition coefficient (Wildman–Crippen LogP) is 2.98. The van der Waals surface area contributed by atoms with Crippen LogP contribution in [0.5, 0.6) is 0 Å². The summed E-state index contributed by atoms with van der Waals surface area (Å²) in [6.45, 7) is 7.85. The number of guanidine groups is 1. The lowest BCUT2D eigenvalue weighted by molar-refractivity contribution is 0.105. The number of hydrogen-bond acceptors (Lipinski definition) is 4. The van der Waals surface area contributed by atoms with Gasteiger partial charge in [-0.3, -0.25) is 0 Å². The second kappa shape index (κ2) is 11.7. The molecule has 0 unspecified atom stereocenters. The molecule has 0 aromatic heterocycles. The first-order valence-corrected chi connectivity index (χ1v) is 12.4. The summed E-state index contributed by atoms with van der Waals surface area (Å²) < 4.78 is 31.2. The molecule has 2 rings (SSSR count). The first-order valence-electron chi connectivity index (χ1n) is 10.9. The van der Waals surface area contributed by atoms with Crippen LogP contribution in [0.2, 0.25) is 0 Å². The number of benzene rings is 1. The fourth-order valence-electron chi connectivity index (χ4n) is 3.83. The van der Waals surface area contributed by atoms with E-state index >= 15 is 0 Å². The van der Waals surface area contributed by atoms with Crippen molar-refractivity contribution in [2.45, 2.75) is 57.4 Å². The van der Waals surface area contributed by atoms with E-state index in [9.17, 15) is 8.42 Å². The van der Waals surface area contributed by atoms with Gasteiger partial charge in [-0.1, -0.05) is 25.0 Å². The zero-order valence-corrected chi connectivity index (χ0v) is 19.7. The van der Waals surface area contributed by atoms with Crippen LogP contribution in [0.25, 0.3) is 0 Å². The third-order valence-electron chi connectivity index (χ3n) is 5.74. The van der Waals surface area contributed by atoms with Crippen LogP contribution in [0.3, 0.4) is 0 Å². The van der Waals surface area contributed by atoms with Crippen LogP contribution in [0, 0.1) is 5.41 Å². The highest BCUT2D eigenvalue weighted by molar-refractivity contribution is 7.89. The van der Waals surface area contributed by atoms with Gasteiger partial charge in [-0.25, -0.2) is 17.7 Å². The lowest BCUT2D eigenvalue weighted by Crippen LogP contribution is -2.43. The summed E-state index contributed by atoms with van der Waals surface area (Å²) in [5.74, 6) is 0.796. The lowest BCUT2D eigenvalue weighted by atomic mass is 9.83. The maximum atomic E-state index is 12.2. The lowest BCUT2D eigenvalue weighted by Gasteiger charge is -2.30. The Bertz CT molecular complexity index is 770. The molecule has 1 aliphatic carbocycles. The molecule has 1 aliphatic rings. The average molecular weight is 439 g/mol. The number of hydrogen-bond donors (Lipinski definition) is 2. The van der Waals surface area contributed by atoms with Crippen molar-refractivity contribution in [3.05, 3.63) is 29.8 Å². The Labute approximate surface area is 182 Å². The van der Waals surface area contributed by atoms with Crippen LogP contribution in [0.15, 0.2) is 34.2 Å². The number of rotatable bonds is 11. The van der Waals surface area contributed by atoms with E-state index in [1.54, 1.807) is 12.1 Å². The van der Waals surface area contributed by atoms with Gasteiger partial charge in [0, 0.05) is 40.4 Å². The highest BCUT2D eigenvalue weighted by atomic mass is 32.2. The minimum absolute atomic E-state index is 0.285. The number of nitrogens with one attached hydrogen (secondary N) is 2. The quantitative estimate of drug-likeness (QED) is 0.315. The fraction of sp³-hybridized carbons (Fsp3) is 0.682. The number of nitrogens with zero attached hydrogens (tertiary/aromatic N) is 2. The van der Waals surface area contributed by atoms with E-state index in [0.717, 1.165) is 44.2 Å². The zero-order chi connectivity index (χ0) is 22.0. The Morgan fingerprint density at radius 1 is 1.13 bits per heavy atom. The van der Waals surface area contributed by atoms with Crippen molar-refractivity contribution in [1.82, 2.24) is 14.9 Å². The van der Waals surface area contributed by atoms with Crippen molar-refractivity contribution in [2.24, 2.45) is 10.4 Å². The van der Waals surface area contributed by atoms with Gasteiger partial charge in [0.15, 0.2) is 5.96 Å². The molecule has 1 fully saturated rings. The molecular weight excluding hydrogens is 400 g/mol. The van der Waals surface area contributed by atoms with Gasteiger partial charge in [0.1, 0.15) is 0 Å². The van der Waals surface area contributed by atoms with Crippen LogP contribution < -0.4 is 10.6 Å². The smallest absolute Gasteiger partial charge is 0.242 e. The molecule has 1 saturated carbocycles. The molecule has 0 bridgehead atoms. The highest BCUT2D eigenvalue weighted by Crippen LogP contribution is 2.40. The van der Waals surface area contributed by atoms with Crippen molar-refractivity contribution in [2.75, 3.05) is 40.4 Å². The molecule has 0 radical (unpaired) electrons. The average Bonchev–Trinajstić information content (AvgIpc) is 3.19. The summed E-state index contributed by atoms with van der Waals surface area (Å²) in [6, 6.07) is 6.93. The Morgan fingerprint density at radius 3 is 2.37 bits per heavy atom. The van der Waals surface area contributed by atoms with Gasteiger partial charge in [0.05, 0.1) is 11.4 Å². The van der Waals surface area contributed by atoms with E-state index < -0.39 is 10.0 Å². The van der Waals surface area contributed by atoms with E-state index in [-0.39, 0.29) is 5.41 Å². The summed E-state index contributed by atoms with van der Waals surface area (Å²) in [4.78, 5) is 5.00. The van der Waals surface area contributed by atoms with Crippen molar-refractivity contribution < 1.29 is 13.2 Å². The number of sulfonamides is 1. The molecule has 170 valence electrons. The SMILES string of the molecule is CCNC(=NCc1ccc(S(=O)(=O)N(C)C)cc1)NCC1(CCOCC)CCCC1. The third-order valence-corrected chi connectivity index (χ3v) is 7.57. The minimum Gasteiger partial charge on any atom is -0.382 e. The summed E-state index contributed by atoms with van der Waals surface area (Å²) in [7, 11) is -0.335. The van der Waals surface area contributed by atoms with E-state index in [4.69, 9.17) is 9.73 Å². The van der Waals surface area contributed by atoms with Gasteiger partial charge in [-0.05, 0) is 56.2 Å². The standard InChI is InChI=1S/C22H38N4O3S/c1-5-23-21(25-18-22(13-7-8-14-22)15-16-29-6-2)24-17-19-9-11-20(12-10-19)30(27,28)26(3)4/h9-12H,5-8,13-18H2,1-4H3,(H2,23,24,25).